The maximum atomic E-state index is 6.03. The highest BCUT2D eigenvalue weighted by Crippen LogP contribution is 2.30. The first-order chi connectivity index (χ1) is 9.28. The van der Waals surface area contributed by atoms with E-state index in [9.17, 15) is 0 Å². The molecule has 0 bridgehead atoms. The molecule has 1 heterocycles. The number of fused-ring (bicyclic) bond motifs is 1. The molecule has 0 saturated heterocycles. The fraction of sp³-hybridized carbons (Fsp3) is 0.0625. The Morgan fingerprint density at radius 1 is 1.00 bits per heavy atom. The van der Waals surface area contributed by atoms with E-state index in [0.717, 1.165) is 16.6 Å². The van der Waals surface area contributed by atoms with Gasteiger partial charge in [-0.25, -0.2) is 0 Å². The van der Waals surface area contributed by atoms with E-state index in [1.165, 1.54) is 5.39 Å². The van der Waals surface area contributed by atoms with Crippen LogP contribution in [0.25, 0.3) is 22.0 Å². The average molecular weight is 270 g/mol. The van der Waals surface area contributed by atoms with Crippen LogP contribution in [0.3, 0.4) is 0 Å². The monoisotopic (exact) mass is 269 g/mol. The van der Waals surface area contributed by atoms with Crippen molar-refractivity contribution >= 4 is 22.4 Å². The van der Waals surface area contributed by atoms with Crippen LogP contribution < -0.4 is 4.74 Å². The molecule has 19 heavy (non-hydrogen) atoms. The van der Waals surface area contributed by atoms with Crippen LogP contribution >= 0.6 is 11.6 Å². The van der Waals surface area contributed by atoms with E-state index in [4.69, 9.17) is 16.3 Å². The Balaban J connectivity index is 2.13. The molecule has 0 aliphatic heterocycles. The first-order valence-corrected chi connectivity index (χ1v) is 6.34. The van der Waals surface area contributed by atoms with E-state index in [0.29, 0.717) is 10.8 Å². The highest BCUT2D eigenvalue weighted by Gasteiger charge is 2.05. The number of hydrogen-bond donors (Lipinski definition) is 0. The van der Waals surface area contributed by atoms with Gasteiger partial charge in [0.2, 0.25) is 0 Å². The van der Waals surface area contributed by atoms with Crippen molar-refractivity contribution in [1.82, 2.24) is 4.98 Å². The lowest BCUT2D eigenvalue weighted by Gasteiger charge is -2.07. The fourth-order valence-corrected chi connectivity index (χ4v) is 2.26. The van der Waals surface area contributed by atoms with E-state index in [1.54, 1.807) is 7.11 Å². The summed E-state index contributed by atoms with van der Waals surface area (Å²) in [4.78, 5) is 4.48. The van der Waals surface area contributed by atoms with Crippen molar-refractivity contribution in [3.63, 3.8) is 0 Å². The molecule has 1 aromatic heterocycles. The van der Waals surface area contributed by atoms with Crippen molar-refractivity contribution in [2.24, 2.45) is 0 Å². The lowest BCUT2D eigenvalue weighted by atomic mass is 10.1. The van der Waals surface area contributed by atoms with E-state index >= 15 is 0 Å². The number of aromatic nitrogens is 1. The van der Waals surface area contributed by atoms with Gasteiger partial charge < -0.3 is 4.74 Å². The number of benzene rings is 2. The van der Waals surface area contributed by atoms with Gasteiger partial charge in [-0.1, -0.05) is 41.9 Å². The van der Waals surface area contributed by atoms with Crippen LogP contribution in [0.5, 0.6) is 5.75 Å². The van der Waals surface area contributed by atoms with Crippen LogP contribution in [0, 0.1) is 0 Å². The van der Waals surface area contributed by atoms with E-state index < -0.39 is 0 Å². The predicted molar refractivity (Wildman–Crippen MR) is 78.7 cm³/mol. The second-order valence-electron chi connectivity index (χ2n) is 4.27. The van der Waals surface area contributed by atoms with Crippen LogP contribution in [-0.4, -0.2) is 12.1 Å². The van der Waals surface area contributed by atoms with Crippen molar-refractivity contribution in [1.29, 1.82) is 0 Å². The van der Waals surface area contributed by atoms with Gasteiger partial charge in [-0.05, 0) is 23.6 Å². The summed E-state index contributed by atoms with van der Waals surface area (Å²) in [5, 5.41) is 2.90. The van der Waals surface area contributed by atoms with Crippen molar-refractivity contribution in [3.05, 3.63) is 59.8 Å². The van der Waals surface area contributed by atoms with Crippen molar-refractivity contribution in [2.75, 3.05) is 7.11 Å². The zero-order valence-corrected chi connectivity index (χ0v) is 11.2. The number of halogens is 1. The number of hydrogen-bond acceptors (Lipinski definition) is 2. The standard InChI is InChI=1S/C16H12ClNO/c1-19-16-9-12(6-7-14(16)17)15-8-11-4-2-3-5-13(11)10-18-15/h2-10H,1H3. The van der Waals surface area contributed by atoms with Gasteiger partial charge in [-0.2, -0.15) is 0 Å². The summed E-state index contributed by atoms with van der Waals surface area (Å²) in [5.41, 5.74) is 1.90. The van der Waals surface area contributed by atoms with Gasteiger partial charge >= 0.3 is 0 Å². The quantitative estimate of drug-likeness (QED) is 0.680. The number of methoxy groups -OCH3 is 1. The lowest BCUT2D eigenvalue weighted by Crippen LogP contribution is -1.88. The second-order valence-corrected chi connectivity index (χ2v) is 4.67. The van der Waals surface area contributed by atoms with Crippen LogP contribution in [0.4, 0.5) is 0 Å². The van der Waals surface area contributed by atoms with Gasteiger partial charge in [0, 0.05) is 17.1 Å². The molecule has 3 aromatic rings. The summed E-state index contributed by atoms with van der Waals surface area (Å²) in [6, 6.07) is 15.9. The molecule has 0 fully saturated rings. The fourth-order valence-electron chi connectivity index (χ4n) is 2.06. The van der Waals surface area contributed by atoms with Crippen LogP contribution in [0.2, 0.25) is 5.02 Å². The highest BCUT2D eigenvalue weighted by atomic mass is 35.5. The first kappa shape index (κ1) is 12.0. The Labute approximate surface area is 116 Å². The Morgan fingerprint density at radius 2 is 1.79 bits per heavy atom. The molecule has 0 N–H and O–H groups in total. The molecule has 0 amide bonds. The molecule has 0 spiro atoms. The Kier molecular flexibility index (Phi) is 3.10. The summed E-state index contributed by atoms with van der Waals surface area (Å²) < 4.78 is 5.23. The minimum absolute atomic E-state index is 0.604. The molecule has 3 rings (SSSR count). The van der Waals surface area contributed by atoms with Gasteiger partial charge in [-0.15, -0.1) is 0 Å². The number of pyridine rings is 1. The Bertz CT molecular complexity index is 740. The highest BCUT2D eigenvalue weighted by molar-refractivity contribution is 6.32. The molecule has 3 heteroatoms. The summed E-state index contributed by atoms with van der Waals surface area (Å²) in [6.07, 6.45) is 1.88. The smallest absolute Gasteiger partial charge is 0.138 e. The lowest BCUT2D eigenvalue weighted by molar-refractivity contribution is 0.415. The molecule has 0 saturated carbocycles. The predicted octanol–water partition coefficient (Wildman–Crippen LogP) is 4.56. The number of nitrogens with zero attached hydrogens (tertiary/aromatic N) is 1. The van der Waals surface area contributed by atoms with Crippen molar-refractivity contribution in [3.8, 4) is 17.0 Å². The molecule has 94 valence electrons. The maximum Gasteiger partial charge on any atom is 0.138 e. The third-order valence-electron chi connectivity index (χ3n) is 3.08. The average Bonchev–Trinajstić information content (AvgIpc) is 2.47. The SMILES string of the molecule is COc1cc(-c2cc3ccccc3cn2)ccc1Cl. The zero-order valence-electron chi connectivity index (χ0n) is 10.4. The van der Waals surface area contributed by atoms with Gasteiger partial charge in [0.1, 0.15) is 5.75 Å². The molecule has 0 atom stereocenters. The summed E-state index contributed by atoms with van der Waals surface area (Å²) in [6.45, 7) is 0. The Morgan fingerprint density at radius 3 is 2.58 bits per heavy atom. The van der Waals surface area contributed by atoms with E-state index in [-0.39, 0.29) is 0 Å². The second kappa shape index (κ2) is 4.90. The minimum atomic E-state index is 0.604. The zero-order chi connectivity index (χ0) is 13.2. The van der Waals surface area contributed by atoms with Gasteiger partial charge in [-0.3, -0.25) is 4.98 Å². The summed E-state index contributed by atoms with van der Waals surface area (Å²) in [7, 11) is 1.61. The van der Waals surface area contributed by atoms with Gasteiger partial charge in [0.05, 0.1) is 17.8 Å². The topological polar surface area (TPSA) is 22.1 Å². The van der Waals surface area contributed by atoms with Gasteiger partial charge in [0.25, 0.3) is 0 Å². The minimum Gasteiger partial charge on any atom is -0.495 e. The largest absolute Gasteiger partial charge is 0.495 e. The normalized spacial score (nSPS) is 10.6. The third-order valence-corrected chi connectivity index (χ3v) is 3.39. The molecule has 0 unspecified atom stereocenters. The third kappa shape index (κ3) is 2.27. The van der Waals surface area contributed by atoms with Crippen LogP contribution in [-0.2, 0) is 0 Å². The van der Waals surface area contributed by atoms with Crippen molar-refractivity contribution < 1.29 is 4.74 Å². The molecular formula is C16H12ClNO. The van der Waals surface area contributed by atoms with E-state index in [2.05, 4.69) is 23.2 Å². The van der Waals surface area contributed by atoms with E-state index in [1.807, 2.05) is 36.5 Å². The molecule has 0 aliphatic carbocycles. The maximum absolute atomic E-state index is 6.03. The first-order valence-electron chi connectivity index (χ1n) is 5.96. The number of ether oxygens (including phenoxy) is 1. The van der Waals surface area contributed by atoms with Crippen LogP contribution in [0.1, 0.15) is 0 Å². The molecule has 0 aliphatic rings. The Hall–Kier alpha value is -2.06. The molecule has 2 aromatic carbocycles. The molecule has 2 nitrogen and oxygen atoms in total. The van der Waals surface area contributed by atoms with Crippen molar-refractivity contribution in [2.45, 2.75) is 0 Å². The summed E-state index contributed by atoms with van der Waals surface area (Å²) >= 11 is 6.03. The van der Waals surface area contributed by atoms with Crippen LogP contribution in [0.15, 0.2) is 54.7 Å². The summed E-state index contributed by atoms with van der Waals surface area (Å²) in [5.74, 6) is 0.661. The van der Waals surface area contributed by atoms with Gasteiger partial charge in [0.15, 0.2) is 0 Å². The molecular weight excluding hydrogens is 258 g/mol. The number of rotatable bonds is 2. The molecule has 0 radical (unpaired) electrons.